The molecule has 3 rings (SSSR count). The van der Waals surface area contributed by atoms with Crippen molar-refractivity contribution in [2.24, 2.45) is 5.73 Å². The van der Waals surface area contributed by atoms with Crippen molar-refractivity contribution >= 4 is 11.6 Å². The Morgan fingerprint density at radius 2 is 2.29 bits per heavy atom. The molecule has 1 fully saturated rings. The third-order valence-electron chi connectivity index (χ3n) is 3.91. The SMILES string of the molecule is Cc1cc2nc([C@@H]3CCCCN3CC(N)=O)cc(=O)n2[nH]1. The van der Waals surface area contributed by atoms with Gasteiger partial charge in [0.1, 0.15) is 0 Å². The van der Waals surface area contributed by atoms with E-state index in [9.17, 15) is 9.59 Å². The summed E-state index contributed by atoms with van der Waals surface area (Å²) in [4.78, 5) is 30.0. The summed E-state index contributed by atoms with van der Waals surface area (Å²) in [6.45, 7) is 2.90. The van der Waals surface area contributed by atoms with E-state index in [2.05, 4.69) is 10.1 Å². The molecule has 0 aliphatic carbocycles. The summed E-state index contributed by atoms with van der Waals surface area (Å²) in [6, 6.07) is 3.37. The maximum absolute atomic E-state index is 12.2. The zero-order chi connectivity index (χ0) is 15.0. The Morgan fingerprint density at radius 1 is 1.48 bits per heavy atom. The summed E-state index contributed by atoms with van der Waals surface area (Å²) in [5.41, 5.74) is 7.40. The number of fused-ring (bicyclic) bond motifs is 1. The number of hydrogen-bond donors (Lipinski definition) is 2. The molecule has 3 N–H and O–H groups in total. The van der Waals surface area contributed by atoms with Crippen LogP contribution in [0.3, 0.4) is 0 Å². The van der Waals surface area contributed by atoms with Gasteiger partial charge in [0.2, 0.25) is 5.91 Å². The van der Waals surface area contributed by atoms with Crippen molar-refractivity contribution in [2.75, 3.05) is 13.1 Å². The molecule has 1 aliphatic heterocycles. The number of likely N-dealkylation sites (tertiary alicyclic amines) is 1. The Balaban J connectivity index is 2.00. The van der Waals surface area contributed by atoms with Gasteiger partial charge in [-0.05, 0) is 26.3 Å². The number of nitrogens with two attached hydrogens (primary N) is 1. The molecule has 0 spiro atoms. The Kier molecular flexibility index (Phi) is 3.50. The number of aromatic amines is 1. The molecule has 0 unspecified atom stereocenters. The minimum atomic E-state index is -0.350. The van der Waals surface area contributed by atoms with E-state index in [-0.39, 0.29) is 24.1 Å². The summed E-state index contributed by atoms with van der Waals surface area (Å²) < 4.78 is 1.43. The van der Waals surface area contributed by atoms with E-state index in [0.29, 0.717) is 5.65 Å². The molecule has 1 saturated heterocycles. The maximum Gasteiger partial charge on any atom is 0.272 e. The van der Waals surface area contributed by atoms with Crippen LogP contribution in [0.15, 0.2) is 16.9 Å². The second-order valence-electron chi connectivity index (χ2n) is 5.60. The molecule has 2 aromatic rings. The average Bonchev–Trinajstić information content (AvgIpc) is 2.80. The highest BCUT2D eigenvalue weighted by atomic mass is 16.1. The summed E-state index contributed by atoms with van der Waals surface area (Å²) in [7, 11) is 0. The van der Waals surface area contributed by atoms with Crippen LogP contribution in [0.4, 0.5) is 0 Å². The molecule has 3 heterocycles. The third-order valence-corrected chi connectivity index (χ3v) is 3.91. The monoisotopic (exact) mass is 289 g/mol. The number of aromatic nitrogens is 3. The largest absolute Gasteiger partial charge is 0.369 e. The van der Waals surface area contributed by atoms with Crippen LogP contribution < -0.4 is 11.3 Å². The Bertz CT molecular complexity index is 733. The van der Waals surface area contributed by atoms with Crippen LogP contribution in [0, 0.1) is 6.92 Å². The number of H-pyrrole nitrogens is 1. The molecule has 112 valence electrons. The van der Waals surface area contributed by atoms with Gasteiger partial charge in [-0.15, -0.1) is 0 Å². The van der Waals surface area contributed by atoms with Gasteiger partial charge in [0.25, 0.3) is 5.56 Å². The van der Waals surface area contributed by atoms with Gasteiger partial charge in [-0.25, -0.2) is 9.50 Å². The first-order valence-corrected chi connectivity index (χ1v) is 7.16. The average molecular weight is 289 g/mol. The van der Waals surface area contributed by atoms with Gasteiger partial charge in [0, 0.05) is 17.8 Å². The zero-order valence-electron chi connectivity index (χ0n) is 12.0. The summed E-state index contributed by atoms with van der Waals surface area (Å²) in [6.07, 6.45) is 2.99. The second-order valence-corrected chi connectivity index (χ2v) is 5.60. The smallest absolute Gasteiger partial charge is 0.272 e. The predicted octanol–water partition coefficient (Wildman–Crippen LogP) is 0.343. The lowest BCUT2D eigenvalue weighted by atomic mass is 9.99. The normalized spacial score (nSPS) is 20.0. The molecule has 2 aromatic heterocycles. The van der Waals surface area contributed by atoms with Crippen LogP contribution in [0.25, 0.3) is 5.65 Å². The van der Waals surface area contributed by atoms with Gasteiger partial charge in [-0.2, -0.15) is 0 Å². The summed E-state index contributed by atoms with van der Waals surface area (Å²) >= 11 is 0. The highest BCUT2D eigenvalue weighted by Crippen LogP contribution is 2.29. The summed E-state index contributed by atoms with van der Waals surface area (Å²) in [5.74, 6) is -0.350. The van der Waals surface area contributed by atoms with Crippen LogP contribution >= 0.6 is 0 Å². The molecule has 1 atom stereocenters. The van der Waals surface area contributed by atoms with Crippen molar-refractivity contribution in [2.45, 2.75) is 32.2 Å². The highest BCUT2D eigenvalue weighted by Gasteiger charge is 2.26. The number of hydrogen-bond acceptors (Lipinski definition) is 4. The Labute approximate surface area is 121 Å². The molecule has 0 bridgehead atoms. The number of primary amides is 1. The predicted molar refractivity (Wildman–Crippen MR) is 77.9 cm³/mol. The highest BCUT2D eigenvalue weighted by molar-refractivity contribution is 5.76. The van der Waals surface area contributed by atoms with Gasteiger partial charge in [0.15, 0.2) is 5.65 Å². The molecule has 0 saturated carbocycles. The van der Waals surface area contributed by atoms with Crippen LogP contribution in [0.5, 0.6) is 0 Å². The van der Waals surface area contributed by atoms with E-state index < -0.39 is 0 Å². The number of piperidine rings is 1. The van der Waals surface area contributed by atoms with Crippen molar-refractivity contribution in [3.05, 3.63) is 33.9 Å². The van der Waals surface area contributed by atoms with Gasteiger partial charge < -0.3 is 5.73 Å². The lowest BCUT2D eigenvalue weighted by Gasteiger charge is -2.34. The Hall–Kier alpha value is -2.15. The van der Waals surface area contributed by atoms with Crippen molar-refractivity contribution in [1.82, 2.24) is 19.5 Å². The van der Waals surface area contributed by atoms with E-state index in [0.717, 1.165) is 37.2 Å². The van der Waals surface area contributed by atoms with Crippen molar-refractivity contribution in [1.29, 1.82) is 0 Å². The van der Waals surface area contributed by atoms with E-state index in [1.807, 2.05) is 17.9 Å². The van der Waals surface area contributed by atoms with Crippen LogP contribution in [0.1, 0.15) is 36.7 Å². The quantitative estimate of drug-likeness (QED) is 0.851. The lowest BCUT2D eigenvalue weighted by molar-refractivity contribution is -0.120. The minimum Gasteiger partial charge on any atom is -0.369 e. The first kappa shape index (κ1) is 13.8. The van der Waals surface area contributed by atoms with E-state index in [1.54, 1.807) is 6.07 Å². The fourth-order valence-corrected chi connectivity index (χ4v) is 3.02. The number of nitrogens with zero attached hydrogens (tertiary/aromatic N) is 3. The number of carbonyl (C=O) groups excluding carboxylic acids is 1. The maximum atomic E-state index is 12.2. The van der Waals surface area contributed by atoms with Gasteiger partial charge in [-0.1, -0.05) is 6.42 Å². The number of rotatable bonds is 3. The zero-order valence-corrected chi connectivity index (χ0v) is 12.0. The first-order valence-electron chi connectivity index (χ1n) is 7.16. The third kappa shape index (κ3) is 2.69. The number of amides is 1. The number of carbonyl (C=O) groups is 1. The van der Waals surface area contributed by atoms with Crippen molar-refractivity contribution in [3.8, 4) is 0 Å². The minimum absolute atomic E-state index is 0.0147. The molecule has 1 aliphatic rings. The van der Waals surface area contributed by atoms with Gasteiger partial charge in [-0.3, -0.25) is 19.6 Å². The molecule has 1 amide bonds. The molecule has 0 aromatic carbocycles. The van der Waals surface area contributed by atoms with E-state index in [4.69, 9.17) is 5.73 Å². The van der Waals surface area contributed by atoms with Crippen molar-refractivity contribution < 1.29 is 4.79 Å². The molecular weight excluding hydrogens is 270 g/mol. The van der Waals surface area contributed by atoms with Gasteiger partial charge in [0.05, 0.1) is 18.3 Å². The van der Waals surface area contributed by atoms with Crippen LogP contribution in [0.2, 0.25) is 0 Å². The molecule has 7 heteroatoms. The molecule has 0 radical (unpaired) electrons. The van der Waals surface area contributed by atoms with Crippen LogP contribution in [-0.4, -0.2) is 38.5 Å². The van der Waals surface area contributed by atoms with E-state index in [1.165, 1.54) is 4.52 Å². The van der Waals surface area contributed by atoms with Crippen LogP contribution in [-0.2, 0) is 4.79 Å². The lowest BCUT2D eigenvalue weighted by Crippen LogP contribution is -2.40. The Morgan fingerprint density at radius 3 is 3.05 bits per heavy atom. The summed E-state index contributed by atoms with van der Waals surface area (Å²) in [5, 5.41) is 2.95. The standard InChI is InChI=1S/C14H19N5O2/c1-9-6-13-16-10(7-14(21)19(13)17-9)11-4-2-3-5-18(11)8-12(15)20/h6-7,11,17H,2-5,8H2,1H3,(H2,15,20)/t11-/m0/s1. The fourth-order valence-electron chi connectivity index (χ4n) is 3.02. The molecule has 21 heavy (non-hydrogen) atoms. The fraction of sp³-hybridized carbons (Fsp3) is 0.500. The molecular formula is C14H19N5O2. The topological polar surface area (TPSA) is 96.5 Å². The van der Waals surface area contributed by atoms with Gasteiger partial charge >= 0.3 is 0 Å². The van der Waals surface area contributed by atoms with Crippen molar-refractivity contribution in [3.63, 3.8) is 0 Å². The second kappa shape index (κ2) is 5.33. The first-order chi connectivity index (χ1) is 10.0. The number of nitrogens with one attached hydrogen (secondary N) is 1. The number of aryl methyl sites for hydroxylation is 1. The van der Waals surface area contributed by atoms with E-state index >= 15 is 0 Å². The molecule has 7 nitrogen and oxygen atoms in total.